The lowest BCUT2D eigenvalue weighted by atomic mass is 10.1. The molecular weight excluding hydrogens is 240 g/mol. The number of H-pyrrole nitrogens is 1. The van der Waals surface area contributed by atoms with Gasteiger partial charge in [-0.3, -0.25) is 0 Å². The summed E-state index contributed by atoms with van der Waals surface area (Å²) in [5, 5.41) is 9.88. The van der Waals surface area contributed by atoms with Crippen molar-refractivity contribution < 1.29 is 9.90 Å². The Bertz CT molecular complexity index is 760. The molecule has 0 unspecified atom stereocenters. The third-order valence-corrected chi connectivity index (χ3v) is 3.08. The maximum atomic E-state index is 11.2. The highest BCUT2D eigenvalue weighted by Crippen LogP contribution is 2.28. The molecule has 2 aromatic carbocycles. The van der Waals surface area contributed by atoms with E-state index in [-0.39, 0.29) is 5.56 Å². The molecule has 0 aliphatic carbocycles. The van der Waals surface area contributed by atoms with Crippen molar-refractivity contribution in [3.05, 3.63) is 54.1 Å². The summed E-state index contributed by atoms with van der Waals surface area (Å²) in [5.74, 6) is -0.976. The van der Waals surface area contributed by atoms with Gasteiger partial charge in [0.05, 0.1) is 5.56 Å². The van der Waals surface area contributed by atoms with Crippen LogP contribution in [0.25, 0.3) is 22.2 Å². The van der Waals surface area contributed by atoms with Crippen LogP contribution < -0.4 is 5.73 Å². The number of fused-ring (bicyclic) bond motifs is 1. The molecule has 4 heteroatoms. The molecule has 19 heavy (non-hydrogen) atoms. The fourth-order valence-electron chi connectivity index (χ4n) is 2.21. The second-order valence-electron chi connectivity index (χ2n) is 4.38. The van der Waals surface area contributed by atoms with Crippen LogP contribution in [0, 0.1) is 0 Å². The van der Waals surface area contributed by atoms with Crippen LogP contribution in [-0.4, -0.2) is 16.1 Å². The van der Waals surface area contributed by atoms with E-state index in [4.69, 9.17) is 5.73 Å². The number of aromatic nitrogens is 1. The lowest BCUT2D eigenvalue weighted by Gasteiger charge is -1.99. The van der Waals surface area contributed by atoms with Crippen molar-refractivity contribution in [2.45, 2.75) is 0 Å². The smallest absolute Gasteiger partial charge is 0.336 e. The first-order valence-corrected chi connectivity index (χ1v) is 5.86. The summed E-state index contributed by atoms with van der Waals surface area (Å²) < 4.78 is 0. The van der Waals surface area contributed by atoms with Crippen molar-refractivity contribution in [1.29, 1.82) is 0 Å². The number of aromatic amines is 1. The van der Waals surface area contributed by atoms with Crippen molar-refractivity contribution >= 4 is 22.6 Å². The molecule has 0 atom stereocenters. The maximum absolute atomic E-state index is 11.2. The normalized spacial score (nSPS) is 10.7. The van der Waals surface area contributed by atoms with E-state index in [0.717, 1.165) is 16.8 Å². The Morgan fingerprint density at radius 3 is 2.53 bits per heavy atom. The van der Waals surface area contributed by atoms with E-state index in [1.165, 1.54) is 6.07 Å². The van der Waals surface area contributed by atoms with Crippen molar-refractivity contribution in [3.8, 4) is 11.3 Å². The van der Waals surface area contributed by atoms with Gasteiger partial charge in [-0.15, -0.1) is 0 Å². The molecule has 0 saturated carbocycles. The summed E-state index contributed by atoms with van der Waals surface area (Å²) in [7, 11) is 0. The molecule has 0 spiro atoms. The second kappa shape index (κ2) is 4.17. The number of hydrogen-bond donors (Lipinski definition) is 3. The number of carboxylic acids is 1. The van der Waals surface area contributed by atoms with Crippen molar-refractivity contribution in [1.82, 2.24) is 4.98 Å². The number of aromatic carboxylic acids is 1. The third-order valence-electron chi connectivity index (χ3n) is 3.08. The van der Waals surface area contributed by atoms with Crippen LogP contribution in [0.2, 0.25) is 0 Å². The molecular formula is C15H12N2O2. The lowest BCUT2D eigenvalue weighted by molar-refractivity contribution is 0.0699. The number of rotatable bonds is 2. The van der Waals surface area contributed by atoms with Crippen molar-refractivity contribution in [2.75, 3.05) is 5.73 Å². The van der Waals surface area contributed by atoms with Gasteiger partial charge in [0, 0.05) is 22.3 Å². The van der Waals surface area contributed by atoms with Gasteiger partial charge in [0.15, 0.2) is 0 Å². The Labute approximate surface area is 109 Å². The zero-order chi connectivity index (χ0) is 13.4. The Morgan fingerprint density at radius 2 is 1.84 bits per heavy atom. The van der Waals surface area contributed by atoms with E-state index in [0.29, 0.717) is 11.1 Å². The van der Waals surface area contributed by atoms with E-state index >= 15 is 0 Å². The number of carboxylic acid groups (broad SMARTS) is 1. The minimum atomic E-state index is -0.976. The molecule has 1 aromatic heterocycles. The highest BCUT2D eigenvalue weighted by atomic mass is 16.4. The van der Waals surface area contributed by atoms with Crippen LogP contribution in [0.4, 0.5) is 5.69 Å². The van der Waals surface area contributed by atoms with Crippen LogP contribution in [-0.2, 0) is 0 Å². The fraction of sp³-hybridized carbons (Fsp3) is 0. The molecule has 0 aliphatic heterocycles. The van der Waals surface area contributed by atoms with Crippen molar-refractivity contribution in [3.63, 3.8) is 0 Å². The number of carbonyl (C=O) groups is 1. The maximum Gasteiger partial charge on any atom is 0.336 e. The molecule has 4 nitrogen and oxygen atoms in total. The van der Waals surface area contributed by atoms with Crippen LogP contribution in [0.1, 0.15) is 10.4 Å². The summed E-state index contributed by atoms with van der Waals surface area (Å²) in [6.45, 7) is 0. The number of anilines is 1. The highest BCUT2D eigenvalue weighted by molar-refractivity contribution is 6.05. The largest absolute Gasteiger partial charge is 0.478 e. The third kappa shape index (κ3) is 1.93. The van der Waals surface area contributed by atoms with Gasteiger partial charge in [0.1, 0.15) is 0 Å². The second-order valence-corrected chi connectivity index (χ2v) is 4.38. The first-order valence-electron chi connectivity index (χ1n) is 5.86. The standard InChI is InChI=1S/C15H12N2O2/c16-10-6-12(15(18)19)11-8-13(17-14(11)7-10)9-4-2-1-3-5-9/h1-8,17H,16H2,(H,18,19). The van der Waals surface area contributed by atoms with Crippen LogP contribution in [0.5, 0.6) is 0 Å². The van der Waals surface area contributed by atoms with Crippen LogP contribution in [0.3, 0.4) is 0 Å². The van der Waals surface area contributed by atoms with E-state index in [1.54, 1.807) is 6.07 Å². The van der Waals surface area contributed by atoms with E-state index < -0.39 is 5.97 Å². The zero-order valence-corrected chi connectivity index (χ0v) is 10.1. The molecule has 4 N–H and O–H groups in total. The summed E-state index contributed by atoms with van der Waals surface area (Å²) in [6, 6.07) is 14.8. The number of nitrogen functional groups attached to an aromatic ring is 1. The molecule has 0 bridgehead atoms. The van der Waals surface area contributed by atoms with Crippen LogP contribution >= 0.6 is 0 Å². The van der Waals surface area contributed by atoms with E-state index in [2.05, 4.69) is 4.98 Å². The summed E-state index contributed by atoms with van der Waals surface area (Å²) in [4.78, 5) is 14.4. The van der Waals surface area contributed by atoms with Crippen molar-refractivity contribution in [2.24, 2.45) is 0 Å². The monoisotopic (exact) mass is 252 g/mol. The zero-order valence-electron chi connectivity index (χ0n) is 10.1. The molecule has 0 aliphatic rings. The summed E-state index contributed by atoms with van der Waals surface area (Å²) >= 11 is 0. The first-order chi connectivity index (χ1) is 9.15. The minimum absolute atomic E-state index is 0.216. The van der Waals surface area contributed by atoms with E-state index in [9.17, 15) is 9.90 Å². The van der Waals surface area contributed by atoms with Crippen LogP contribution in [0.15, 0.2) is 48.5 Å². The Hall–Kier alpha value is -2.75. The quantitative estimate of drug-likeness (QED) is 0.613. The average molecular weight is 252 g/mol. The molecule has 0 radical (unpaired) electrons. The first kappa shape index (κ1) is 11.3. The molecule has 0 amide bonds. The van der Waals surface area contributed by atoms with Gasteiger partial charge >= 0.3 is 5.97 Å². The lowest BCUT2D eigenvalue weighted by Crippen LogP contribution is -1.98. The predicted octanol–water partition coefficient (Wildman–Crippen LogP) is 3.12. The Morgan fingerprint density at radius 1 is 1.11 bits per heavy atom. The number of hydrogen-bond acceptors (Lipinski definition) is 2. The van der Waals surface area contributed by atoms with Gasteiger partial charge < -0.3 is 15.8 Å². The molecule has 94 valence electrons. The Kier molecular flexibility index (Phi) is 2.49. The fourth-order valence-corrected chi connectivity index (χ4v) is 2.21. The number of nitrogens with two attached hydrogens (primary N) is 1. The molecule has 0 saturated heterocycles. The topological polar surface area (TPSA) is 79.1 Å². The number of benzene rings is 2. The number of nitrogens with one attached hydrogen (secondary N) is 1. The summed E-state index contributed by atoms with van der Waals surface area (Å²) in [6.07, 6.45) is 0. The summed E-state index contributed by atoms with van der Waals surface area (Å²) in [5.41, 5.74) is 9.00. The Balaban J connectivity index is 2.26. The SMILES string of the molecule is Nc1cc(C(=O)O)c2cc(-c3ccccc3)[nH]c2c1. The highest BCUT2D eigenvalue weighted by Gasteiger charge is 2.13. The van der Waals surface area contributed by atoms with Gasteiger partial charge in [-0.25, -0.2) is 4.79 Å². The van der Waals surface area contributed by atoms with Gasteiger partial charge in [-0.1, -0.05) is 30.3 Å². The molecule has 3 aromatic rings. The predicted molar refractivity (Wildman–Crippen MR) is 75.1 cm³/mol. The van der Waals surface area contributed by atoms with Gasteiger partial charge in [-0.2, -0.15) is 0 Å². The molecule has 0 fully saturated rings. The van der Waals surface area contributed by atoms with Gasteiger partial charge in [0.2, 0.25) is 0 Å². The van der Waals surface area contributed by atoms with Gasteiger partial charge in [-0.05, 0) is 23.8 Å². The molecule has 3 rings (SSSR count). The minimum Gasteiger partial charge on any atom is -0.478 e. The average Bonchev–Trinajstić information content (AvgIpc) is 2.82. The van der Waals surface area contributed by atoms with Gasteiger partial charge in [0.25, 0.3) is 0 Å². The molecule has 1 heterocycles. The van der Waals surface area contributed by atoms with E-state index in [1.807, 2.05) is 36.4 Å².